The van der Waals surface area contributed by atoms with Crippen LogP contribution in [0.5, 0.6) is 0 Å². The molecule has 0 saturated carbocycles. The summed E-state index contributed by atoms with van der Waals surface area (Å²) >= 11 is 0. The summed E-state index contributed by atoms with van der Waals surface area (Å²) < 4.78 is 0. The highest BCUT2D eigenvalue weighted by Gasteiger charge is 2.32. The summed E-state index contributed by atoms with van der Waals surface area (Å²) in [7, 11) is 0. The van der Waals surface area contributed by atoms with Crippen LogP contribution in [0.15, 0.2) is 91.4 Å². The Bertz CT molecular complexity index is 2240. The SMILES string of the molecule is NC(=O)CC(NC(=O)C(Cc1c[nH]c2ccccc12)NC(=O)C(Cc1c[nH]c2ccccc12)NC(=O)C(N)Cc1c[nH]c2ccccc12)C(=O)O. The van der Waals surface area contributed by atoms with Crippen LogP contribution in [0.4, 0.5) is 0 Å². The number of benzene rings is 3. The molecule has 0 spiro atoms. The molecule has 4 amide bonds. The number of hydrogen-bond acceptors (Lipinski definition) is 6. The van der Waals surface area contributed by atoms with E-state index in [4.69, 9.17) is 11.5 Å². The summed E-state index contributed by atoms with van der Waals surface area (Å²) in [6.45, 7) is 0. The Labute approximate surface area is 291 Å². The molecule has 0 aliphatic heterocycles. The Balaban J connectivity index is 1.28. The van der Waals surface area contributed by atoms with Crippen molar-refractivity contribution >= 4 is 62.3 Å². The number of H-pyrrole nitrogens is 3. The number of hydrogen-bond donors (Lipinski definition) is 9. The van der Waals surface area contributed by atoms with Crippen molar-refractivity contribution in [2.24, 2.45) is 11.5 Å². The van der Waals surface area contributed by atoms with E-state index >= 15 is 0 Å². The molecular formula is C37H38N8O6. The monoisotopic (exact) mass is 690 g/mol. The number of fused-ring (bicyclic) bond motifs is 3. The molecule has 14 heteroatoms. The molecule has 0 bridgehead atoms. The molecule has 6 rings (SSSR count). The number of carbonyl (C=O) groups excluding carboxylic acids is 4. The van der Waals surface area contributed by atoms with E-state index in [1.54, 1.807) is 18.6 Å². The maximum absolute atomic E-state index is 14.2. The van der Waals surface area contributed by atoms with Crippen molar-refractivity contribution in [3.63, 3.8) is 0 Å². The fourth-order valence-electron chi connectivity index (χ4n) is 6.31. The number of aromatic amines is 3. The summed E-state index contributed by atoms with van der Waals surface area (Å²) in [5.74, 6) is -4.52. The highest BCUT2D eigenvalue weighted by Crippen LogP contribution is 2.22. The minimum Gasteiger partial charge on any atom is -0.480 e. The molecule has 4 unspecified atom stereocenters. The highest BCUT2D eigenvalue weighted by atomic mass is 16.4. The van der Waals surface area contributed by atoms with Crippen molar-refractivity contribution in [3.05, 3.63) is 108 Å². The lowest BCUT2D eigenvalue weighted by molar-refractivity contribution is -0.143. The molecule has 14 nitrogen and oxygen atoms in total. The van der Waals surface area contributed by atoms with Gasteiger partial charge in [0.1, 0.15) is 18.1 Å². The molecule has 262 valence electrons. The molecule has 51 heavy (non-hydrogen) atoms. The van der Waals surface area contributed by atoms with Gasteiger partial charge in [-0.05, 0) is 41.3 Å². The average molecular weight is 691 g/mol. The molecule has 6 aromatic rings. The van der Waals surface area contributed by atoms with Gasteiger partial charge in [-0.3, -0.25) is 19.2 Å². The first kappa shape index (κ1) is 34.5. The third kappa shape index (κ3) is 7.92. The van der Waals surface area contributed by atoms with Crippen LogP contribution < -0.4 is 27.4 Å². The van der Waals surface area contributed by atoms with E-state index in [2.05, 4.69) is 30.9 Å². The Morgan fingerprint density at radius 2 is 0.941 bits per heavy atom. The van der Waals surface area contributed by atoms with E-state index < -0.39 is 60.2 Å². The third-order valence-electron chi connectivity index (χ3n) is 8.94. The minimum atomic E-state index is -1.62. The molecular weight excluding hydrogens is 652 g/mol. The van der Waals surface area contributed by atoms with Gasteiger partial charge < -0.3 is 47.5 Å². The zero-order valence-electron chi connectivity index (χ0n) is 27.4. The number of para-hydroxylation sites is 3. The van der Waals surface area contributed by atoms with Gasteiger partial charge in [0.25, 0.3) is 0 Å². The van der Waals surface area contributed by atoms with Crippen molar-refractivity contribution in [3.8, 4) is 0 Å². The molecule has 4 atom stereocenters. The molecule has 0 aliphatic carbocycles. The van der Waals surface area contributed by atoms with Crippen molar-refractivity contribution in [2.45, 2.75) is 49.9 Å². The largest absolute Gasteiger partial charge is 0.480 e. The van der Waals surface area contributed by atoms with Crippen molar-refractivity contribution in [1.29, 1.82) is 0 Å². The quantitative estimate of drug-likeness (QED) is 0.0774. The number of primary amides is 1. The van der Waals surface area contributed by atoms with Crippen molar-refractivity contribution in [2.75, 3.05) is 0 Å². The summed E-state index contributed by atoms with van der Waals surface area (Å²) in [6.07, 6.45) is 4.79. The lowest BCUT2D eigenvalue weighted by atomic mass is 10.0. The van der Waals surface area contributed by atoms with Crippen LogP contribution in [0, 0.1) is 0 Å². The predicted molar refractivity (Wildman–Crippen MR) is 191 cm³/mol. The van der Waals surface area contributed by atoms with E-state index in [0.717, 1.165) is 43.8 Å². The molecule has 3 heterocycles. The second-order valence-electron chi connectivity index (χ2n) is 12.5. The Kier molecular flexibility index (Phi) is 10.1. The number of nitrogens with two attached hydrogens (primary N) is 2. The average Bonchev–Trinajstić information content (AvgIpc) is 3.84. The first-order valence-electron chi connectivity index (χ1n) is 16.4. The molecule has 0 aliphatic rings. The molecule has 0 fully saturated rings. The second kappa shape index (κ2) is 15.0. The number of aromatic nitrogens is 3. The maximum atomic E-state index is 14.2. The summed E-state index contributed by atoms with van der Waals surface area (Å²) in [5.41, 5.74) is 16.4. The zero-order chi connectivity index (χ0) is 36.1. The van der Waals surface area contributed by atoms with Crippen LogP contribution in [0.25, 0.3) is 32.7 Å². The number of carboxylic acids is 1. The van der Waals surface area contributed by atoms with Crippen LogP contribution in [0.3, 0.4) is 0 Å². The van der Waals surface area contributed by atoms with Crippen LogP contribution in [-0.4, -0.2) is 73.8 Å². The number of rotatable bonds is 15. The molecule has 0 saturated heterocycles. The smallest absolute Gasteiger partial charge is 0.326 e. The fourth-order valence-corrected chi connectivity index (χ4v) is 6.31. The van der Waals surface area contributed by atoms with Gasteiger partial charge in [0.2, 0.25) is 23.6 Å². The Morgan fingerprint density at radius 3 is 1.35 bits per heavy atom. The highest BCUT2D eigenvalue weighted by molar-refractivity contribution is 5.96. The van der Waals surface area contributed by atoms with Gasteiger partial charge in [-0.15, -0.1) is 0 Å². The van der Waals surface area contributed by atoms with Crippen molar-refractivity contribution < 1.29 is 29.1 Å². The van der Waals surface area contributed by atoms with Crippen LogP contribution in [0.2, 0.25) is 0 Å². The van der Waals surface area contributed by atoms with E-state index in [1.807, 2.05) is 72.8 Å². The standard InChI is InChI=1S/C37H38N8O6/c38-26(13-20-17-40-27-10-4-1-7-23(20)27)34(47)43-30(14-21-18-41-28-11-5-2-8-24(21)28)35(48)44-31(36(49)45-32(37(50)51)16-33(39)46)15-22-19-42-29-12-6-3-9-25(22)29/h1-12,17-19,26,30-32,40-42H,13-16,38H2,(H2,39,46)(H,43,47)(H,44,48)(H,45,49)(H,50,51). The fraction of sp³-hybridized carbons (Fsp3) is 0.216. The van der Waals surface area contributed by atoms with Gasteiger partial charge in [0.05, 0.1) is 12.5 Å². The molecule has 3 aromatic heterocycles. The Morgan fingerprint density at radius 1 is 0.569 bits per heavy atom. The lowest BCUT2D eigenvalue weighted by Crippen LogP contribution is -2.58. The van der Waals surface area contributed by atoms with Gasteiger partial charge in [-0.25, -0.2) is 4.79 Å². The summed E-state index contributed by atoms with van der Waals surface area (Å²) in [5, 5.41) is 20.1. The van der Waals surface area contributed by atoms with Crippen molar-refractivity contribution in [1.82, 2.24) is 30.9 Å². The molecule has 0 radical (unpaired) electrons. The lowest BCUT2D eigenvalue weighted by Gasteiger charge is -2.25. The summed E-state index contributed by atoms with van der Waals surface area (Å²) in [6, 6.07) is 17.4. The van der Waals surface area contributed by atoms with E-state index in [-0.39, 0.29) is 19.3 Å². The van der Waals surface area contributed by atoms with Gasteiger partial charge in [-0.1, -0.05) is 54.6 Å². The maximum Gasteiger partial charge on any atom is 0.326 e. The van der Waals surface area contributed by atoms with E-state index in [1.165, 1.54) is 0 Å². The molecule has 11 N–H and O–H groups in total. The Hall–Kier alpha value is -6.41. The van der Waals surface area contributed by atoms with E-state index in [0.29, 0.717) is 5.56 Å². The van der Waals surface area contributed by atoms with Gasteiger partial charge >= 0.3 is 5.97 Å². The number of nitrogens with one attached hydrogen (secondary N) is 6. The number of amides is 4. The zero-order valence-corrected chi connectivity index (χ0v) is 27.4. The number of carbonyl (C=O) groups is 5. The van der Waals surface area contributed by atoms with Gasteiger partial charge in [0, 0.05) is 64.1 Å². The van der Waals surface area contributed by atoms with Gasteiger partial charge in [0.15, 0.2) is 0 Å². The summed E-state index contributed by atoms with van der Waals surface area (Å²) in [4.78, 5) is 74.5. The number of carboxylic acid groups (broad SMARTS) is 1. The topological polar surface area (TPSA) is 241 Å². The minimum absolute atomic E-state index is 0.0433. The van der Waals surface area contributed by atoms with Crippen LogP contribution in [-0.2, 0) is 43.2 Å². The second-order valence-corrected chi connectivity index (χ2v) is 12.5. The first-order chi connectivity index (χ1) is 24.6. The number of aliphatic carboxylic acids is 1. The normalized spacial score (nSPS) is 13.7. The predicted octanol–water partition coefficient (Wildman–Crippen LogP) is 1.90. The molecule has 3 aromatic carbocycles. The third-order valence-corrected chi connectivity index (χ3v) is 8.94. The van der Waals surface area contributed by atoms with Gasteiger partial charge in [-0.2, -0.15) is 0 Å². The van der Waals surface area contributed by atoms with E-state index in [9.17, 15) is 29.1 Å². The van der Waals surface area contributed by atoms with Crippen LogP contribution in [0.1, 0.15) is 23.1 Å². The van der Waals surface area contributed by atoms with Crippen LogP contribution >= 0.6 is 0 Å². The first-order valence-corrected chi connectivity index (χ1v) is 16.4.